The third-order valence-electron chi connectivity index (χ3n) is 5.22. The van der Waals surface area contributed by atoms with Gasteiger partial charge in [-0.05, 0) is 68.6 Å². The van der Waals surface area contributed by atoms with Crippen LogP contribution in [0.3, 0.4) is 0 Å². The molecule has 0 aromatic heterocycles. The van der Waals surface area contributed by atoms with Crippen LogP contribution in [0.1, 0.15) is 45.4 Å². The van der Waals surface area contributed by atoms with Gasteiger partial charge < -0.3 is 11.1 Å². The third kappa shape index (κ3) is 2.10. The molecule has 0 radical (unpaired) electrons. The van der Waals surface area contributed by atoms with Crippen LogP contribution in [0.5, 0.6) is 0 Å². The third-order valence-corrected chi connectivity index (χ3v) is 5.22. The van der Waals surface area contributed by atoms with Crippen molar-refractivity contribution in [1.29, 1.82) is 0 Å². The Hall–Kier alpha value is -0.570. The van der Waals surface area contributed by atoms with Crippen molar-refractivity contribution in [2.75, 3.05) is 6.54 Å². The number of carbonyl (C=O) groups is 1. The maximum atomic E-state index is 11.6. The molecule has 4 aliphatic rings. The highest BCUT2D eigenvalue weighted by Crippen LogP contribution is 2.59. The van der Waals surface area contributed by atoms with Gasteiger partial charge in [0.15, 0.2) is 0 Å². The molecule has 3 N–H and O–H groups in total. The average molecular weight is 236 g/mol. The van der Waals surface area contributed by atoms with Crippen molar-refractivity contribution < 1.29 is 4.79 Å². The van der Waals surface area contributed by atoms with E-state index in [4.69, 9.17) is 5.73 Å². The van der Waals surface area contributed by atoms with Gasteiger partial charge in [-0.15, -0.1) is 0 Å². The van der Waals surface area contributed by atoms with E-state index in [0.29, 0.717) is 5.41 Å². The molecule has 4 saturated carbocycles. The van der Waals surface area contributed by atoms with Crippen molar-refractivity contribution in [3.05, 3.63) is 0 Å². The molecule has 1 amide bonds. The summed E-state index contributed by atoms with van der Waals surface area (Å²) in [6, 6.07) is -0.371. The molecular weight excluding hydrogens is 212 g/mol. The van der Waals surface area contributed by atoms with Crippen LogP contribution in [0, 0.1) is 23.2 Å². The van der Waals surface area contributed by atoms with Crippen molar-refractivity contribution in [1.82, 2.24) is 5.32 Å². The topological polar surface area (TPSA) is 55.1 Å². The Labute approximate surface area is 104 Å². The summed E-state index contributed by atoms with van der Waals surface area (Å²) >= 11 is 0. The summed E-state index contributed by atoms with van der Waals surface area (Å²) in [6.45, 7) is 2.63. The zero-order chi connectivity index (χ0) is 12.0. The predicted octanol–water partition coefficient (Wildman–Crippen LogP) is 1.67. The van der Waals surface area contributed by atoms with Crippen molar-refractivity contribution >= 4 is 5.91 Å². The summed E-state index contributed by atoms with van der Waals surface area (Å²) in [5, 5.41) is 3.08. The molecule has 3 heteroatoms. The molecule has 0 aromatic carbocycles. The Morgan fingerprint density at radius 1 is 1.24 bits per heavy atom. The fourth-order valence-electron chi connectivity index (χ4n) is 4.94. The highest BCUT2D eigenvalue weighted by Gasteiger charge is 2.50. The summed E-state index contributed by atoms with van der Waals surface area (Å²) in [7, 11) is 0. The number of nitrogens with two attached hydrogens (primary N) is 1. The molecule has 0 saturated heterocycles. The van der Waals surface area contributed by atoms with Gasteiger partial charge in [-0.1, -0.05) is 0 Å². The van der Waals surface area contributed by atoms with Crippen LogP contribution in [-0.4, -0.2) is 18.5 Å². The van der Waals surface area contributed by atoms with E-state index in [2.05, 4.69) is 5.32 Å². The molecule has 3 nitrogen and oxygen atoms in total. The molecule has 1 unspecified atom stereocenters. The van der Waals surface area contributed by atoms with Crippen molar-refractivity contribution in [2.45, 2.75) is 51.5 Å². The quantitative estimate of drug-likeness (QED) is 0.783. The lowest BCUT2D eigenvalue weighted by Gasteiger charge is -2.57. The standard InChI is InChI=1S/C14H24N2O/c1-9(15)13(17)16-8-14-5-10-2-11(6-14)4-12(3-10)7-14/h9-12H,2-8,15H2,1H3,(H,16,17). The van der Waals surface area contributed by atoms with Crippen LogP contribution in [-0.2, 0) is 4.79 Å². The van der Waals surface area contributed by atoms with Gasteiger partial charge in [-0.25, -0.2) is 0 Å². The van der Waals surface area contributed by atoms with Crippen molar-refractivity contribution in [3.63, 3.8) is 0 Å². The minimum Gasteiger partial charge on any atom is -0.354 e. The molecule has 4 aliphatic carbocycles. The van der Waals surface area contributed by atoms with Crippen LogP contribution in [0.15, 0.2) is 0 Å². The fraction of sp³-hybridized carbons (Fsp3) is 0.929. The summed E-state index contributed by atoms with van der Waals surface area (Å²) < 4.78 is 0. The number of rotatable bonds is 3. The second kappa shape index (κ2) is 3.98. The summed E-state index contributed by atoms with van der Waals surface area (Å²) in [5.74, 6) is 2.87. The van der Waals surface area contributed by atoms with E-state index in [9.17, 15) is 4.79 Å². The minimum atomic E-state index is -0.371. The van der Waals surface area contributed by atoms with E-state index in [1.807, 2.05) is 0 Å². The van der Waals surface area contributed by atoms with Gasteiger partial charge in [0.25, 0.3) is 0 Å². The maximum absolute atomic E-state index is 11.6. The molecule has 4 bridgehead atoms. The largest absolute Gasteiger partial charge is 0.354 e. The van der Waals surface area contributed by atoms with E-state index in [1.165, 1.54) is 38.5 Å². The maximum Gasteiger partial charge on any atom is 0.236 e. The Bertz CT molecular complexity index is 289. The SMILES string of the molecule is CC(N)C(=O)NCC12CC3CC(CC(C3)C1)C2. The molecule has 0 spiro atoms. The monoisotopic (exact) mass is 236 g/mol. The second-order valence-electron chi connectivity index (χ2n) is 6.92. The second-order valence-corrected chi connectivity index (χ2v) is 6.92. The van der Waals surface area contributed by atoms with E-state index < -0.39 is 0 Å². The number of amides is 1. The molecule has 0 heterocycles. The van der Waals surface area contributed by atoms with E-state index in [0.717, 1.165) is 24.3 Å². The van der Waals surface area contributed by atoms with E-state index >= 15 is 0 Å². The normalized spacial score (nSPS) is 44.7. The Morgan fingerprint density at radius 2 is 1.71 bits per heavy atom. The van der Waals surface area contributed by atoms with Gasteiger partial charge >= 0.3 is 0 Å². The van der Waals surface area contributed by atoms with Gasteiger partial charge in [-0.2, -0.15) is 0 Å². The number of nitrogens with one attached hydrogen (secondary N) is 1. The van der Waals surface area contributed by atoms with Crippen molar-refractivity contribution in [2.24, 2.45) is 28.9 Å². The predicted molar refractivity (Wildman–Crippen MR) is 67.3 cm³/mol. The molecule has 0 aliphatic heterocycles. The van der Waals surface area contributed by atoms with Gasteiger partial charge in [0, 0.05) is 6.54 Å². The first-order chi connectivity index (χ1) is 8.06. The Morgan fingerprint density at radius 3 is 2.12 bits per heavy atom. The molecule has 4 rings (SSSR count). The van der Waals surface area contributed by atoms with Gasteiger partial charge in [0.2, 0.25) is 5.91 Å². The number of hydrogen-bond acceptors (Lipinski definition) is 2. The van der Waals surface area contributed by atoms with Crippen LogP contribution in [0.2, 0.25) is 0 Å². The number of carbonyl (C=O) groups excluding carboxylic acids is 1. The van der Waals surface area contributed by atoms with Crippen LogP contribution in [0.4, 0.5) is 0 Å². The molecule has 0 aromatic rings. The van der Waals surface area contributed by atoms with Gasteiger partial charge in [0.1, 0.15) is 0 Å². The summed E-state index contributed by atoms with van der Waals surface area (Å²) in [6.07, 6.45) is 8.41. The highest BCUT2D eigenvalue weighted by atomic mass is 16.2. The molecule has 96 valence electrons. The summed E-state index contributed by atoms with van der Waals surface area (Å²) in [5.41, 5.74) is 6.03. The molecule has 4 fully saturated rings. The number of hydrogen-bond donors (Lipinski definition) is 2. The fourth-order valence-corrected chi connectivity index (χ4v) is 4.94. The molecule has 1 atom stereocenters. The zero-order valence-corrected chi connectivity index (χ0v) is 10.7. The van der Waals surface area contributed by atoms with Gasteiger partial charge in [0.05, 0.1) is 6.04 Å². The zero-order valence-electron chi connectivity index (χ0n) is 10.7. The highest BCUT2D eigenvalue weighted by molar-refractivity contribution is 5.80. The Kier molecular flexibility index (Phi) is 2.69. The lowest BCUT2D eigenvalue weighted by Crippen LogP contribution is -2.52. The van der Waals surface area contributed by atoms with Crippen LogP contribution >= 0.6 is 0 Å². The van der Waals surface area contributed by atoms with E-state index in [1.54, 1.807) is 6.92 Å². The van der Waals surface area contributed by atoms with Crippen LogP contribution < -0.4 is 11.1 Å². The van der Waals surface area contributed by atoms with Crippen molar-refractivity contribution in [3.8, 4) is 0 Å². The minimum absolute atomic E-state index is 0.0146. The summed E-state index contributed by atoms with van der Waals surface area (Å²) in [4.78, 5) is 11.6. The van der Waals surface area contributed by atoms with Crippen LogP contribution in [0.25, 0.3) is 0 Å². The average Bonchev–Trinajstić information content (AvgIpc) is 2.24. The lowest BCUT2D eigenvalue weighted by molar-refractivity contribution is -0.124. The van der Waals surface area contributed by atoms with Gasteiger partial charge in [-0.3, -0.25) is 4.79 Å². The first-order valence-corrected chi connectivity index (χ1v) is 7.10. The molecule has 17 heavy (non-hydrogen) atoms. The molecular formula is C14H24N2O. The first kappa shape index (κ1) is 11.5. The lowest BCUT2D eigenvalue weighted by atomic mass is 9.49. The Balaban J connectivity index is 1.64. The first-order valence-electron chi connectivity index (χ1n) is 7.10. The smallest absolute Gasteiger partial charge is 0.236 e. The van der Waals surface area contributed by atoms with E-state index in [-0.39, 0.29) is 11.9 Å².